The zero-order valence-electron chi connectivity index (χ0n) is 9.50. The molecule has 1 N–H and O–H groups in total. The highest BCUT2D eigenvalue weighted by molar-refractivity contribution is 9.10. The molecule has 1 saturated heterocycles. The van der Waals surface area contributed by atoms with E-state index in [2.05, 4.69) is 39.2 Å². The first-order chi connectivity index (χ1) is 8.15. The van der Waals surface area contributed by atoms with Gasteiger partial charge in [-0.25, -0.2) is 4.98 Å². The summed E-state index contributed by atoms with van der Waals surface area (Å²) in [5, 5.41) is 4.47. The van der Waals surface area contributed by atoms with Crippen molar-refractivity contribution < 1.29 is 4.74 Å². The maximum atomic E-state index is 5.43. The summed E-state index contributed by atoms with van der Waals surface area (Å²) >= 11 is 5.17. The zero-order chi connectivity index (χ0) is 11.9. The van der Waals surface area contributed by atoms with E-state index in [9.17, 15) is 0 Å². The standard InChI is InChI=1S/C12H13BrN2OS/c1-12(4-5-16-7-12)15-11-14-9-3-2-8(13)6-10(9)17-11/h2-3,6H,4-5,7H2,1H3,(H,14,15). The number of nitrogens with one attached hydrogen (secondary N) is 1. The molecule has 3 rings (SSSR count). The summed E-state index contributed by atoms with van der Waals surface area (Å²) in [7, 11) is 0. The number of benzene rings is 1. The van der Waals surface area contributed by atoms with Crippen LogP contribution in [0.3, 0.4) is 0 Å². The Labute approximate surface area is 112 Å². The van der Waals surface area contributed by atoms with Gasteiger partial charge in [0.2, 0.25) is 0 Å². The number of anilines is 1. The molecule has 2 aromatic rings. The van der Waals surface area contributed by atoms with Crippen molar-refractivity contribution in [2.75, 3.05) is 18.5 Å². The third kappa shape index (κ3) is 2.32. The van der Waals surface area contributed by atoms with E-state index in [4.69, 9.17) is 4.74 Å². The molecule has 1 atom stereocenters. The lowest BCUT2D eigenvalue weighted by Gasteiger charge is -2.22. The molecule has 1 aliphatic heterocycles. The number of fused-ring (bicyclic) bond motifs is 1. The summed E-state index contributed by atoms with van der Waals surface area (Å²) in [6, 6.07) is 6.16. The minimum absolute atomic E-state index is 0.0328. The van der Waals surface area contributed by atoms with E-state index in [1.165, 1.54) is 4.70 Å². The molecule has 2 heterocycles. The van der Waals surface area contributed by atoms with Crippen molar-refractivity contribution in [2.45, 2.75) is 18.9 Å². The van der Waals surface area contributed by atoms with Crippen LogP contribution in [0.5, 0.6) is 0 Å². The molecule has 0 bridgehead atoms. The highest BCUT2D eigenvalue weighted by Crippen LogP contribution is 2.31. The third-order valence-corrected chi connectivity index (χ3v) is 4.40. The Hall–Kier alpha value is -0.650. The van der Waals surface area contributed by atoms with E-state index >= 15 is 0 Å². The van der Waals surface area contributed by atoms with Crippen molar-refractivity contribution in [1.29, 1.82) is 0 Å². The Morgan fingerprint density at radius 2 is 2.41 bits per heavy atom. The van der Waals surface area contributed by atoms with Gasteiger partial charge in [-0.3, -0.25) is 0 Å². The van der Waals surface area contributed by atoms with Gasteiger partial charge in [0.25, 0.3) is 0 Å². The number of aromatic nitrogens is 1. The molecule has 1 aromatic carbocycles. The molecule has 1 unspecified atom stereocenters. The molecule has 0 aliphatic carbocycles. The second kappa shape index (κ2) is 4.23. The van der Waals surface area contributed by atoms with Crippen molar-refractivity contribution in [2.24, 2.45) is 0 Å². The summed E-state index contributed by atoms with van der Waals surface area (Å²) in [5.74, 6) is 0. The second-order valence-corrected chi connectivity index (χ2v) is 6.57. The SMILES string of the molecule is CC1(Nc2nc3ccc(Br)cc3s2)CCOC1. The van der Waals surface area contributed by atoms with Crippen LogP contribution in [-0.2, 0) is 4.74 Å². The number of thiazole rings is 1. The van der Waals surface area contributed by atoms with Gasteiger partial charge < -0.3 is 10.1 Å². The van der Waals surface area contributed by atoms with Gasteiger partial charge in [0.1, 0.15) is 0 Å². The quantitative estimate of drug-likeness (QED) is 0.919. The van der Waals surface area contributed by atoms with Gasteiger partial charge in [0, 0.05) is 11.1 Å². The lowest BCUT2D eigenvalue weighted by Crippen LogP contribution is -2.34. The van der Waals surface area contributed by atoms with Gasteiger partial charge in [-0.1, -0.05) is 27.3 Å². The number of nitrogens with zero attached hydrogens (tertiary/aromatic N) is 1. The molecule has 3 nitrogen and oxygen atoms in total. The Balaban J connectivity index is 1.90. The van der Waals surface area contributed by atoms with E-state index < -0.39 is 0 Å². The van der Waals surface area contributed by atoms with Crippen LogP contribution in [0.15, 0.2) is 22.7 Å². The number of hydrogen-bond acceptors (Lipinski definition) is 4. The Morgan fingerprint density at radius 1 is 1.53 bits per heavy atom. The maximum absolute atomic E-state index is 5.43. The minimum Gasteiger partial charge on any atom is -0.379 e. The van der Waals surface area contributed by atoms with Gasteiger partial charge in [-0.15, -0.1) is 0 Å². The lowest BCUT2D eigenvalue weighted by atomic mass is 10.0. The number of ether oxygens (including phenoxy) is 1. The normalized spacial score (nSPS) is 24.4. The minimum atomic E-state index is 0.0328. The predicted octanol–water partition coefficient (Wildman–Crippen LogP) is 3.65. The van der Waals surface area contributed by atoms with Crippen molar-refractivity contribution in [1.82, 2.24) is 4.98 Å². The smallest absolute Gasteiger partial charge is 0.184 e. The van der Waals surface area contributed by atoms with Gasteiger partial charge in [0.15, 0.2) is 5.13 Å². The van der Waals surface area contributed by atoms with Crippen LogP contribution in [0.25, 0.3) is 10.2 Å². The first-order valence-corrected chi connectivity index (χ1v) is 7.18. The van der Waals surface area contributed by atoms with Gasteiger partial charge in [-0.05, 0) is 31.5 Å². The van der Waals surface area contributed by atoms with Crippen LogP contribution < -0.4 is 5.32 Å². The summed E-state index contributed by atoms with van der Waals surface area (Å²) in [5.41, 5.74) is 1.08. The van der Waals surface area contributed by atoms with Gasteiger partial charge in [0.05, 0.1) is 22.4 Å². The molecule has 90 valence electrons. The molecule has 17 heavy (non-hydrogen) atoms. The van der Waals surface area contributed by atoms with Crippen molar-refractivity contribution >= 4 is 42.6 Å². The first-order valence-electron chi connectivity index (χ1n) is 5.57. The van der Waals surface area contributed by atoms with Crippen LogP contribution in [0.4, 0.5) is 5.13 Å². The summed E-state index contributed by atoms with van der Waals surface area (Å²) in [6.07, 6.45) is 1.03. The molecule has 0 spiro atoms. The number of halogens is 1. The fourth-order valence-corrected chi connectivity index (χ4v) is 3.54. The van der Waals surface area contributed by atoms with E-state index in [1.54, 1.807) is 11.3 Å². The van der Waals surface area contributed by atoms with E-state index in [0.717, 1.165) is 34.8 Å². The Morgan fingerprint density at radius 3 is 3.18 bits per heavy atom. The van der Waals surface area contributed by atoms with Crippen LogP contribution in [0, 0.1) is 0 Å². The number of rotatable bonds is 2. The summed E-state index contributed by atoms with van der Waals surface area (Å²) in [4.78, 5) is 4.59. The van der Waals surface area contributed by atoms with Gasteiger partial charge in [-0.2, -0.15) is 0 Å². The zero-order valence-corrected chi connectivity index (χ0v) is 11.9. The van der Waals surface area contributed by atoms with E-state index in [0.29, 0.717) is 0 Å². The summed E-state index contributed by atoms with van der Waals surface area (Å²) in [6.45, 7) is 3.77. The molecule has 1 aliphatic rings. The molecule has 5 heteroatoms. The Kier molecular flexibility index (Phi) is 2.84. The summed E-state index contributed by atoms with van der Waals surface area (Å²) < 4.78 is 7.72. The fourth-order valence-electron chi connectivity index (χ4n) is 1.98. The molecule has 1 fully saturated rings. The average molecular weight is 313 g/mol. The molecule has 0 saturated carbocycles. The first kappa shape index (κ1) is 11.4. The third-order valence-electron chi connectivity index (χ3n) is 2.98. The largest absolute Gasteiger partial charge is 0.379 e. The van der Waals surface area contributed by atoms with Crippen molar-refractivity contribution in [3.05, 3.63) is 22.7 Å². The molecule has 0 radical (unpaired) electrons. The fraction of sp³-hybridized carbons (Fsp3) is 0.417. The maximum Gasteiger partial charge on any atom is 0.184 e. The van der Waals surface area contributed by atoms with Crippen LogP contribution in [0.1, 0.15) is 13.3 Å². The van der Waals surface area contributed by atoms with E-state index in [1.807, 2.05) is 12.1 Å². The second-order valence-electron chi connectivity index (χ2n) is 4.62. The van der Waals surface area contributed by atoms with E-state index in [-0.39, 0.29) is 5.54 Å². The van der Waals surface area contributed by atoms with Crippen molar-refractivity contribution in [3.63, 3.8) is 0 Å². The Bertz CT molecular complexity index is 548. The van der Waals surface area contributed by atoms with Crippen LogP contribution in [-0.4, -0.2) is 23.7 Å². The van der Waals surface area contributed by atoms with Crippen LogP contribution >= 0.6 is 27.3 Å². The highest BCUT2D eigenvalue weighted by atomic mass is 79.9. The highest BCUT2D eigenvalue weighted by Gasteiger charge is 2.30. The van der Waals surface area contributed by atoms with Gasteiger partial charge >= 0.3 is 0 Å². The predicted molar refractivity (Wildman–Crippen MR) is 74.8 cm³/mol. The van der Waals surface area contributed by atoms with Crippen molar-refractivity contribution in [3.8, 4) is 0 Å². The molecule has 1 aromatic heterocycles. The number of hydrogen-bond donors (Lipinski definition) is 1. The monoisotopic (exact) mass is 312 g/mol. The molecular weight excluding hydrogens is 300 g/mol. The van der Waals surface area contributed by atoms with Crippen LogP contribution in [0.2, 0.25) is 0 Å². The topological polar surface area (TPSA) is 34.2 Å². The molecular formula is C12H13BrN2OS. The average Bonchev–Trinajstić information content (AvgIpc) is 2.84. The lowest BCUT2D eigenvalue weighted by molar-refractivity contribution is 0.185. The molecule has 0 amide bonds.